The monoisotopic (exact) mass is 748 g/mol. The third kappa shape index (κ3) is 7.60. The fourth-order valence-electron chi connectivity index (χ4n) is 7.17. The summed E-state index contributed by atoms with van der Waals surface area (Å²) >= 11 is 1.43. The minimum atomic E-state index is -1.01. The Hall–Kier alpha value is -5.89. The molecule has 0 aliphatic carbocycles. The normalized spacial score (nSPS) is 16.3. The van der Waals surface area contributed by atoms with Gasteiger partial charge < -0.3 is 20.3 Å². The second-order valence-corrected chi connectivity index (χ2v) is 14.8. The van der Waals surface area contributed by atoms with E-state index >= 15 is 0 Å². The molecule has 0 saturated carbocycles. The van der Waals surface area contributed by atoms with Gasteiger partial charge in [-0.2, -0.15) is 0 Å². The van der Waals surface area contributed by atoms with Gasteiger partial charge in [-0.25, -0.2) is 4.98 Å². The maximum Gasteiger partial charge on any atom is 0.264 e. The van der Waals surface area contributed by atoms with Gasteiger partial charge in [0.25, 0.3) is 11.8 Å². The van der Waals surface area contributed by atoms with Crippen molar-refractivity contribution in [1.29, 1.82) is 0 Å². The molecule has 1 unspecified atom stereocenters. The molecule has 0 radical (unpaired) electrons. The summed E-state index contributed by atoms with van der Waals surface area (Å²) < 4.78 is 5.98. The number of rotatable bonds is 13. The predicted octanol–water partition coefficient (Wildman–Crippen LogP) is 5.27. The van der Waals surface area contributed by atoms with Gasteiger partial charge in [0.15, 0.2) is 5.13 Å². The average molecular weight is 749 g/mol. The highest BCUT2D eigenvalue weighted by atomic mass is 32.1. The topological polar surface area (TPSA) is 167 Å². The molecule has 54 heavy (non-hydrogen) atoms. The van der Waals surface area contributed by atoms with Crippen LogP contribution in [0.2, 0.25) is 0 Å². The molecule has 278 valence electrons. The van der Waals surface area contributed by atoms with Crippen LogP contribution in [0.3, 0.4) is 0 Å². The Morgan fingerprint density at radius 2 is 1.81 bits per heavy atom. The van der Waals surface area contributed by atoms with Crippen molar-refractivity contribution in [3.63, 3.8) is 0 Å². The molecule has 4 heterocycles. The molecule has 1 saturated heterocycles. The first-order valence-electron chi connectivity index (χ1n) is 18.1. The summed E-state index contributed by atoms with van der Waals surface area (Å²) in [5, 5.41) is 8.96. The summed E-state index contributed by atoms with van der Waals surface area (Å²) in [7, 11) is 0. The number of aromatic nitrogens is 1. The number of carbonyl (C=O) groups is 6. The van der Waals surface area contributed by atoms with Crippen LogP contribution < -0.4 is 25.6 Å². The number of fused-ring (bicyclic) bond motifs is 2. The van der Waals surface area contributed by atoms with Gasteiger partial charge in [-0.1, -0.05) is 24.3 Å². The zero-order chi connectivity index (χ0) is 37.9. The van der Waals surface area contributed by atoms with Crippen LogP contribution in [0.1, 0.15) is 75.7 Å². The van der Waals surface area contributed by atoms with E-state index in [9.17, 15) is 28.8 Å². The van der Waals surface area contributed by atoms with E-state index in [0.717, 1.165) is 63.5 Å². The summed E-state index contributed by atoms with van der Waals surface area (Å²) in [6.45, 7) is 5.29. The van der Waals surface area contributed by atoms with Crippen LogP contribution in [0.4, 0.5) is 16.5 Å². The van der Waals surface area contributed by atoms with E-state index in [1.54, 1.807) is 30.0 Å². The van der Waals surface area contributed by atoms with Crippen LogP contribution in [0.15, 0.2) is 60.7 Å². The number of anilines is 3. The molecular weight excluding hydrogens is 709 g/mol. The van der Waals surface area contributed by atoms with Crippen LogP contribution in [-0.4, -0.2) is 71.1 Å². The summed E-state index contributed by atoms with van der Waals surface area (Å²) in [4.78, 5) is 83.7. The number of carbonyl (C=O) groups excluding carboxylic acids is 6. The van der Waals surface area contributed by atoms with Crippen molar-refractivity contribution >= 4 is 63.3 Å². The molecule has 4 aromatic rings. The number of thiazole rings is 1. The van der Waals surface area contributed by atoms with Gasteiger partial charge in [-0.15, -0.1) is 11.3 Å². The lowest BCUT2D eigenvalue weighted by Crippen LogP contribution is -2.54. The Balaban J connectivity index is 0.849. The van der Waals surface area contributed by atoms with Crippen molar-refractivity contribution in [3.8, 4) is 17.0 Å². The Morgan fingerprint density at radius 1 is 0.981 bits per heavy atom. The lowest BCUT2D eigenvalue weighted by Gasteiger charge is -2.27. The lowest BCUT2D eigenvalue weighted by atomic mass is 10.0. The number of amides is 6. The molecule has 1 aromatic heterocycles. The van der Waals surface area contributed by atoms with Crippen LogP contribution >= 0.6 is 11.3 Å². The molecule has 0 bridgehead atoms. The number of piperidine rings is 1. The van der Waals surface area contributed by atoms with E-state index in [2.05, 4.69) is 22.0 Å². The minimum absolute atomic E-state index is 0.0348. The van der Waals surface area contributed by atoms with Crippen molar-refractivity contribution in [2.24, 2.45) is 0 Å². The number of nitrogens with zero attached hydrogens (tertiary/aromatic N) is 3. The maximum absolute atomic E-state index is 13.3. The summed E-state index contributed by atoms with van der Waals surface area (Å²) in [6, 6.07) is 17.5. The lowest BCUT2D eigenvalue weighted by molar-refractivity contribution is -0.136. The second kappa shape index (κ2) is 15.6. The van der Waals surface area contributed by atoms with E-state index in [0.29, 0.717) is 36.3 Å². The van der Waals surface area contributed by atoms with E-state index < -0.39 is 29.7 Å². The maximum atomic E-state index is 13.3. The highest BCUT2D eigenvalue weighted by Gasteiger charge is 2.45. The third-order valence-corrected chi connectivity index (χ3v) is 10.7. The molecule has 1 fully saturated rings. The SMILES string of the molecule is CC(=O)N1CCc2cc(-c3nc(NC(=O)Cc4cccc(OCCCCCNc5cccc6c5C(=O)N(C5CCC(=O)NC5=O)C6=O)c4)sc3C)ccc21. The predicted molar refractivity (Wildman–Crippen MR) is 204 cm³/mol. The smallest absolute Gasteiger partial charge is 0.264 e. The molecule has 3 aromatic carbocycles. The molecule has 6 amide bonds. The zero-order valence-electron chi connectivity index (χ0n) is 30.0. The molecule has 14 heteroatoms. The van der Waals surface area contributed by atoms with Crippen molar-refractivity contribution in [2.75, 3.05) is 35.2 Å². The largest absolute Gasteiger partial charge is 0.494 e. The number of nitrogens with one attached hydrogen (secondary N) is 3. The molecule has 3 aliphatic heterocycles. The third-order valence-electron chi connectivity index (χ3n) is 9.81. The number of unbranched alkanes of at least 4 members (excludes halogenated alkanes) is 2. The van der Waals surface area contributed by atoms with E-state index in [1.807, 2.05) is 43.3 Å². The van der Waals surface area contributed by atoms with Crippen molar-refractivity contribution < 1.29 is 33.5 Å². The number of hydrogen-bond acceptors (Lipinski definition) is 10. The summed E-state index contributed by atoms with van der Waals surface area (Å²) in [5.74, 6) is -1.59. The first-order valence-corrected chi connectivity index (χ1v) is 18.9. The van der Waals surface area contributed by atoms with Crippen molar-refractivity contribution in [2.45, 2.75) is 64.8 Å². The first-order chi connectivity index (χ1) is 26.1. The van der Waals surface area contributed by atoms with Gasteiger partial charge in [0, 0.05) is 48.2 Å². The molecule has 0 spiro atoms. The summed E-state index contributed by atoms with van der Waals surface area (Å²) in [5.41, 5.74) is 5.68. The Morgan fingerprint density at radius 3 is 2.63 bits per heavy atom. The van der Waals surface area contributed by atoms with Gasteiger partial charge in [-0.3, -0.25) is 39.0 Å². The highest BCUT2D eigenvalue weighted by molar-refractivity contribution is 7.16. The minimum Gasteiger partial charge on any atom is -0.494 e. The first kappa shape index (κ1) is 36.5. The summed E-state index contributed by atoms with van der Waals surface area (Å²) in [6.07, 6.45) is 3.56. The Labute approximate surface area is 316 Å². The van der Waals surface area contributed by atoms with Gasteiger partial charge in [0.2, 0.25) is 23.6 Å². The highest BCUT2D eigenvalue weighted by Crippen LogP contribution is 2.36. The fourth-order valence-corrected chi connectivity index (χ4v) is 8.02. The quantitative estimate of drug-likeness (QED) is 0.122. The average Bonchev–Trinajstić information content (AvgIpc) is 3.81. The van der Waals surface area contributed by atoms with Gasteiger partial charge in [0.1, 0.15) is 11.8 Å². The number of benzene rings is 3. The van der Waals surface area contributed by atoms with Gasteiger partial charge >= 0.3 is 0 Å². The zero-order valence-corrected chi connectivity index (χ0v) is 30.8. The number of imide groups is 2. The number of hydrogen-bond donors (Lipinski definition) is 3. The Kier molecular flexibility index (Phi) is 10.5. The molecule has 13 nitrogen and oxygen atoms in total. The number of ether oxygens (including phenoxy) is 1. The second-order valence-electron chi connectivity index (χ2n) is 13.6. The fraction of sp³-hybridized carbons (Fsp3) is 0.325. The number of aryl methyl sites for hydroxylation is 1. The Bertz CT molecular complexity index is 2180. The molecule has 3 N–H and O–H groups in total. The van der Waals surface area contributed by atoms with Crippen molar-refractivity contribution in [1.82, 2.24) is 15.2 Å². The van der Waals surface area contributed by atoms with E-state index in [4.69, 9.17) is 9.72 Å². The van der Waals surface area contributed by atoms with Crippen molar-refractivity contribution in [3.05, 3.63) is 87.8 Å². The van der Waals surface area contributed by atoms with Gasteiger partial charge in [-0.05, 0) is 86.6 Å². The van der Waals surface area contributed by atoms with Crippen LogP contribution in [0.5, 0.6) is 5.75 Å². The van der Waals surface area contributed by atoms with E-state index in [-0.39, 0.29) is 42.2 Å². The van der Waals surface area contributed by atoms with Crippen LogP contribution in [-0.2, 0) is 32.0 Å². The molecular formula is C40H40N6O7S. The molecule has 7 rings (SSSR count). The molecule has 1 atom stereocenters. The van der Waals surface area contributed by atoms with Gasteiger partial charge in [0.05, 0.1) is 29.8 Å². The van der Waals surface area contributed by atoms with Crippen LogP contribution in [0.25, 0.3) is 11.3 Å². The molecule has 3 aliphatic rings. The van der Waals surface area contributed by atoms with Crippen LogP contribution in [0, 0.1) is 6.92 Å². The van der Waals surface area contributed by atoms with E-state index in [1.165, 1.54) is 11.3 Å². The standard InChI is InChI=1S/C40H40N6O7S/c1-23-36(27-12-13-31-26(22-27)16-18-45(31)24(2)47)44-40(54-23)43-34(49)21-25-8-6-9-28(20-25)53-19-5-3-4-17-41-30-11-7-10-29-35(30)39(52)46(38(29)51)32-14-15-33(48)42-37(32)50/h6-13,20,22,32,41H,3-5,14-19,21H2,1-2H3,(H,42,48,50)(H,43,44,49).